The molecule has 0 unspecified atom stereocenters. The molecule has 3 rings (SSSR count). The first-order valence-electron chi connectivity index (χ1n) is 9.18. The van der Waals surface area contributed by atoms with Gasteiger partial charge in [-0.25, -0.2) is 0 Å². The Balaban J connectivity index is 1.95. The number of carbonyl (C=O) groups is 1. The molecule has 0 atom stereocenters. The van der Waals surface area contributed by atoms with Gasteiger partial charge in [-0.05, 0) is 12.1 Å². The van der Waals surface area contributed by atoms with E-state index in [0.717, 1.165) is 0 Å². The number of rotatable bonds is 7. The minimum atomic E-state index is -5.76. The molecule has 13 heteroatoms. The summed E-state index contributed by atoms with van der Waals surface area (Å²) in [5, 5.41) is 5.02. The molecule has 7 nitrogen and oxygen atoms in total. The Kier molecular flexibility index (Phi) is 6.70. The molecule has 2 aromatic carbocycles. The van der Waals surface area contributed by atoms with E-state index in [-0.39, 0.29) is 23.0 Å². The van der Waals surface area contributed by atoms with E-state index in [2.05, 4.69) is 30.3 Å². The summed E-state index contributed by atoms with van der Waals surface area (Å²) in [4.78, 5) is 23.6. The number of ketones is 1. The molecule has 1 aromatic heterocycles. The Labute approximate surface area is 182 Å². The van der Waals surface area contributed by atoms with E-state index in [4.69, 9.17) is 0 Å². The minimum absolute atomic E-state index is 0.161. The molecule has 0 saturated heterocycles. The maximum atomic E-state index is 12.8. The van der Waals surface area contributed by atoms with E-state index in [1.165, 1.54) is 19.2 Å². The Bertz CT molecular complexity index is 1110. The lowest BCUT2D eigenvalue weighted by Crippen LogP contribution is -2.46. The Morgan fingerprint density at radius 3 is 2.03 bits per heavy atom. The van der Waals surface area contributed by atoms with E-state index in [9.17, 15) is 31.1 Å². The van der Waals surface area contributed by atoms with Crippen LogP contribution in [0.3, 0.4) is 0 Å². The average Bonchev–Trinajstić information content (AvgIpc) is 2.76. The number of para-hydroxylation sites is 1. The van der Waals surface area contributed by atoms with Gasteiger partial charge in [-0.2, -0.15) is 41.3 Å². The summed E-state index contributed by atoms with van der Waals surface area (Å²) in [5.41, 5.74) is 0.690. The number of ether oxygens (including phenoxy) is 1. The van der Waals surface area contributed by atoms with Crippen molar-refractivity contribution in [2.45, 2.75) is 18.5 Å². The molecule has 0 aliphatic carbocycles. The molecule has 174 valence electrons. The number of benzene rings is 2. The Morgan fingerprint density at radius 2 is 1.42 bits per heavy atom. The molecule has 2 N–H and O–H groups in total. The van der Waals surface area contributed by atoms with Crippen molar-refractivity contribution < 1.29 is 35.9 Å². The highest BCUT2D eigenvalue weighted by Crippen LogP contribution is 2.36. The fraction of sp³-hybridized carbons (Fsp3) is 0.200. The molecule has 0 saturated carbocycles. The van der Waals surface area contributed by atoms with E-state index >= 15 is 0 Å². The van der Waals surface area contributed by atoms with E-state index in [1.54, 1.807) is 42.5 Å². The number of carbonyl (C=O) groups excluding carboxylic acids is 1. The first-order chi connectivity index (χ1) is 15.5. The molecule has 0 fully saturated rings. The van der Waals surface area contributed by atoms with Gasteiger partial charge in [0.2, 0.25) is 11.9 Å². The topological polar surface area (TPSA) is 89.0 Å². The van der Waals surface area contributed by atoms with Gasteiger partial charge in [-0.3, -0.25) is 4.79 Å². The molecule has 0 radical (unpaired) electrons. The van der Waals surface area contributed by atoms with Crippen LogP contribution in [0.2, 0.25) is 0 Å². The predicted octanol–water partition coefficient (Wildman–Crippen LogP) is 4.76. The third-order valence-corrected chi connectivity index (χ3v) is 4.11. The first kappa shape index (κ1) is 23.8. The van der Waals surface area contributed by atoms with Crippen LogP contribution in [0.1, 0.15) is 15.9 Å². The maximum Gasteiger partial charge on any atom is 0.434 e. The van der Waals surface area contributed by atoms with Crippen molar-refractivity contribution in [3.8, 4) is 6.01 Å². The number of hydrogen-bond donors (Lipinski definition) is 2. The molecule has 0 amide bonds. The zero-order valence-electron chi connectivity index (χ0n) is 16.7. The number of nitrogens with zero attached hydrogens (tertiary/aromatic N) is 3. The normalized spacial score (nSPS) is 11.9. The molecule has 1 heterocycles. The highest BCUT2D eigenvalue weighted by molar-refractivity contribution is 6.12. The molecule has 0 aliphatic heterocycles. The van der Waals surface area contributed by atoms with Crippen LogP contribution in [0.15, 0.2) is 54.6 Å². The lowest BCUT2D eigenvalue weighted by Gasteiger charge is -2.23. The van der Waals surface area contributed by atoms with Crippen molar-refractivity contribution in [3.63, 3.8) is 0 Å². The molecular weight excluding hydrogens is 456 g/mol. The van der Waals surface area contributed by atoms with Crippen molar-refractivity contribution in [3.05, 3.63) is 65.7 Å². The fourth-order valence-corrected chi connectivity index (χ4v) is 2.66. The van der Waals surface area contributed by atoms with E-state index in [0.29, 0.717) is 5.56 Å². The largest absolute Gasteiger partial charge is 0.440 e. The third kappa shape index (κ3) is 5.87. The lowest BCUT2D eigenvalue weighted by molar-refractivity contribution is -0.301. The van der Waals surface area contributed by atoms with Crippen LogP contribution in [0.4, 0.5) is 43.9 Å². The number of anilines is 3. The van der Waals surface area contributed by atoms with Gasteiger partial charge >= 0.3 is 18.4 Å². The van der Waals surface area contributed by atoms with Crippen molar-refractivity contribution in [2.24, 2.45) is 0 Å². The van der Waals surface area contributed by atoms with Gasteiger partial charge in [0.1, 0.15) is 0 Å². The standard InChI is InChI=1S/C20H15F6N5O2/c1-27-16-29-17(31-18(30-16)33-15(19(21,22)23)20(24,25)26)28-13-10-6-5-9-12(13)14(32)11-7-3-2-4-8-11/h2-10,15H,1H3,(H2,27,28,29,30,31). The number of hydrogen-bond acceptors (Lipinski definition) is 7. The first-order valence-corrected chi connectivity index (χ1v) is 9.18. The van der Waals surface area contributed by atoms with Gasteiger partial charge < -0.3 is 15.4 Å². The summed E-state index contributed by atoms with van der Waals surface area (Å²) in [6.07, 6.45) is -15.7. The number of alkyl halides is 6. The summed E-state index contributed by atoms with van der Waals surface area (Å²) < 4.78 is 81.1. The van der Waals surface area contributed by atoms with Crippen molar-refractivity contribution in [1.82, 2.24) is 15.0 Å². The molecule has 0 bridgehead atoms. The quantitative estimate of drug-likeness (QED) is 0.379. The summed E-state index contributed by atoms with van der Waals surface area (Å²) in [5.74, 6) is -1.19. The smallest absolute Gasteiger partial charge is 0.434 e. The summed E-state index contributed by atoms with van der Waals surface area (Å²) in [6, 6.07) is 13.1. The highest BCUT2D eigenvalue weighted by atomic mass is 19.4. The summed E-state index contributed by atoms with van der Waals surface area (Å²) in [7, 11) is 1.29. The fourth-order valence-electron chi connectivity index (χ4n) is 2.66. The molecule has 0 spiro atoms. The van der Waals surface area contributed by atoms with E-state index < -0.39 is 30.4 Å². The summed E-state index contributed by atoms with van der Waals surface area (Å²) in [6.45, 7) is 0. The van der Waals surface area contributed by atoms with Crippen LogP contribution >= 0.6 is 0 Å². The van der Waals surface area contributed by atoms with E-state index in [1.807, 2.05) is 0 Å². The van der Waals surface area contributed by atoms with Gasteiger partial charge in [0, 0.05) is 18.2 Å². The second-order valence-corrected chi connectivity index (χ2v) is 6.46. The van der Waals surface area contributed by atoms with Crippen LogP contribution in [-0.4, -0.2) is 46.2 Å². The molecule has 0 aliphatic rings. The minimum Gasteiger partial charge on any atom is -0.440 e. The van der Waals surface area contributed by atoms with Gasteiger partial charge in [0.25, 0.3) is 6.10 Å². The van der Waals surface area contributed by atoms with Crippen LogP contribution in [-0.2, 0) is 0 Å². The highest BCUT2D eigenvalue weighted by Gasteiger charge is 2.59. The number of aromatic nitrogens is 3. The van der Waals surface area contributed by atoms with Crippen LogP contribution in [0.5, 0.6) is 6.01 Å². The van der Waals surface area contributed by atoms with Crippen molar-refractivity contribution in [1.29, 1.82) is 0 Å². The average molecular weight is 471 g/mol. The van der Waals surface area contributed by atoms with Gasteiger partial charge in [0.15, 0.2) is 5.78 Å². The molecular formula is C20H15F6N5O2. The number of nitrogens with one attached hydrogen (secondary N) is 2. The molecule has 33 heavy (non-hydrogen) atoms. The van der Waals surface area contributed by atoms with Crippen LogP contribution < -0.4 is 15.4 Å². The Morgan fingerprint density at radius 1 is 0.848 bits per heavy atom. The summed E-state index contributed by atoms with van der Waals surface area (Å²) >= 11 is 0. The zero-order valence-corrected chi connectivity index (χ0v) is 16.7. The van der Waals surface area contributed by atoms with Crippen LogP contribution in [0.25, 0.3) is 0 Å². The van der Waals surface area contributed by atoms with Crippen LogP contribution in [0, 0.1) is 0 Å². The van der Waals surface area contributed by atoms with Gasteiger partial charge in [0.05, 0.1) is 5.69 Å². The zero-order chi connectivity index (χ0) is 24.2. The van der Waals surface area contributed by atoms with Crippen molar-refractivity contribution >= 4 is 23.4 Å². The predicted molar refractivity (Wildman–Crippen MR) is 105 cm³/mol. The maximum absolute atomic E-state index is 12.8. The number of halogens is 6. The SMILES string of the molecule is CNc1nc(Nc2ccccc2C(=O)c2ccccc2)nc(OC(C(F)(F)F)C(F)(F)F)n1. The molecule has 3 aromatic rings. The second kappa shape index (κ2) is 9.30. The van der Waals surface area contributed by atoms with Gasteiger partial charge in [-0.15, -0.1) is 0 Å². The lowest BCUT2D eigenvalue weighted by atomic mass is 10.0. The second-order valence-electron chi connectivity index (χ2n) is 6.46. The van der Waals surface area contributed by atoms with Crippen molar-refractivity contribution in [2.75, 3.05) is 17.7 Å². The van der Waals surface area contributed by atoms with Gasteiger partial charge in [-0.1, -0.05) is 42.5 Å². The monoisotopic (exact) mass is 471 g/mol. The Hall–Kier alpha value is -3.90. The third-order valence-electron chi connectivity index (χ3n) is 4.11.